The van der Waals surface area contributed by atoms with E-state index in [0.29, 0.717) is 13.1 Å². The lowest BCUT2D eigenvalue weighted by Crippen LogP contribution is -2.34. The van der Waals surface area contributed by atoms with Gasteiger partial charge in [-0.15, -0.1) is 0 Å². The number of carbonyl (C=O) groups is 1. The SMILES string of the molecule is CCN(CC)C(=O)n1cc(Cl)c(S(=O)(=O)c2cc(OC)c(Cl)cc2F)n1. The van der Waals surface area contributed by atoms with Crippen LogP contribution < -0.4 is 4.74 Å². The third-order valence-electron chi connectivity index (χ3n) is 3.62. The van der Waals surface area contributed by atoms with Crippen molar-refractivity contribution in [3.05, 3.63) is 34.2 Å². The molecule has 0 aliphatic heterocycles. The summed E-state index contributed by atoms with van der Waals surface area (Å²) in [5, 5.41) is 2.73. The average Bonchev–Trinajstić information content (AvgIpc) is 2.98. The summed E-state index contributed by atoms with van der Waals surface area (Å²) in [7, 11) is -3.19. The molecule has 11 heteroatoms. The molecule has 0 atom stereocenters. The molecule has 0 bridgehead atoms. The van der Waals surface area contributed by atoms with Crippen LogP contribution in [0.15, 0.2) is 28.3 Å². The summed E-state index contributed by atoms with van der Waals surface area (Å²) < 4.78 is 45.5. The van der Waals surface area contributed by atoms with Crippen molar-refractivity contribution in [3.63, 3.8) is 0 Å². The Morgan fingerprint density at radius 3 is 2.42 bits per heavy atom. The van der Waals surface area contributed by atoms with Crippen molar-refractivity contribution in [1.29, 1.82) is 0 Å². The Kier molecular flexibility index (Phi) is 6.15. The number of methoxy groups -OCH3 is 1. The Morgan fingerprint density at radius 1 is 1.27 bits per heavy atom. The fraction of sp³-hybridized carbons (Fsp3) is 0.333. The van der Waals surface area contributed by atoms with Gasteiger partial charge in [-0.2, -0.15) is 9.78 Å². The highest BCUT2D eigenvalue weighted by Gasteiger charge is 2.30. The smallest absolute Gasteiger partial charge is 0.344 e. The maximum Gasteiger partial charge on any atom is 0.344 e. The Bertz CT molecular complexity index is 943. The summed E-state index contributed by atoms with van der Waals surface area (Å²) >= 11 is 11.7. The zero-order valence-corrected chi connectivity index (χ0v) is 16.5. The second kappa shape index (κ2) is 7.81. The first-order valence-corrected chi connectivity index (χ1v) is 9.73. The molecule has 0 saturated carbocycles. The topological polar surface area (TPSA) is 81.5 Å². The molecule has 0 spiro atoms. The van der Waals surface area contributed by atoms with E-state index in [0.717, 1.165) is 23.0 Å². The zero-order valence-electron chi connectivity index (χ0n) is 14.2. The lowest BCUT2D eigenvalue weighted by molar-refractivity contribution is 0.201. The summed E-state index contributed by atoms with van der Waals surface area (Å²) in [6, 6.07) is 1.21. The molecule has 1 aromatic carbocycles. The van der Waals surface area contributed by atoms with Crippen molar-refractivity contribution in [1.82, 2.24) is 14.7 Å². The number of hydrogen-bond acceptors (Lipinski definition) is 5. The third-order valence-corrected chi connectivity index (χ3v) is 6.01. The van der Waals surface area contributed by atoms with Gasteiger partial charge in [-0.05, 0) is 19.9 Å². The first-order chi connectivity index (χ1) is 12.2. The van der Waals surface area contributed by atoms with E-state index in [-0.39, 0.29) is 15.8 Å². The molecule has 0 fully saturated rings. The summed E-state index contributed by atoms with van der Waals surface area (Å²) in [4.78, 5) is 13.0. The Hall–Kier alpha value is -1.84. The molecule has 2 aromatic rings. The highest BCUT2D eigenvalue weighted by atomic mass is 35.5. The molecule has 26 heavy (non-hydrogen) atoms. The van der Waals surface area contributed by atoms with Gasteiger partial charge in [0.25, 0.3) is 0 Å². The number of sulfone groups is 1. The average molecular weight is 424 g/mol. The van der Waals surface area contributed by atoms with Crippen molar-refractivity contribution in [3.8, 4) is 5.75 Å². The van der Waals surface area contributed by atoms with Gasteiger partial charge in [0.15, 0.2) is 0 Å². The maximum atomic E-state index is 14.2. The molecule has 1 amide bonds. The van der Waals surface area contributed by atoms with E-state index in [1.165, 1.54) is 12.0 Å². The Morgan fingerprint density at radius 2 is 1.88 bits per heavy atom. The second-order valence-corrected chi connectivity index (χ2v) is 7.75. The molecule has 7 nitrogen and oxygen atoms in total. The van der Waals surface area contributed by atoms with Crippen LogP contribution in [0.25, 0.3) is 0 Å². The molecule has 0 unspecified atom stereocenters. The molecule has 0 N–H and O–H groups in total. The molecule has 1 heterocycles. The van der Waals surface area contributed by atoms with Crippen LogP contribution in [0.3, 0.4) is 0 Å². The molecule has 2 rings (SSSR count). The minimum absolute atomic E-state index is 0.0265. The number of ether oxygens (including phenoxy) is 1. The van der Waals surface area contributed by atoms with Crippen LogP contribution in [0.5, 0.6) is 5.75 Å². The van der Waals surface area contributed by atoms with Gasteiger partial charge in [0.05, 0.1) is 23.4 Å². The van der Waals surface area contributed by atoms with Crippen LogP contribution in [0.2, 0.25) is 10.0 Å². The van der Waals surface area contributed by atoms with Crippen LogP contribution in [0.1, 0.15) is 13.8 Å². The van der Waals surface area contributed by atoms with Gasteiger partial charge in [-0.3, -0.25) is 0 Å². The van der Waals surface area contributed by atoms with E-state index in [9.17, 15) is 17.6 Å². The van der Waals surface area contributed by atoms with E-state index >= 15 is 0 Å². The molecule has 0 radical (unpaired) electrons. The first-order valence-electron chi connectivity index (χ1n) is 7.49. The van der Waals surface area contributed by atoms with E-state index < -0.39 is 31.6 Å². The predicted octanol–water partition coefficient (Wildman–Crippen LogP) is 3.48. The van der Waals surface area contributed by atoms with Gasteiger partial charge in [0.2, 0.25) is 14.9 Å². The van der Waals surface area contributed by atoms with Crippen LogP contribution in [-0.2, 0) is 9.84 Å². The number of aromatic nitrogens is 2. The number of benzene rings is 1. The minimum atomic E-state index is -4.45. The van der Waals surface area contributed by atoms with E-state index in [2.05, 4.69) is 5.10 Å². The van der Waals surface area contributed by atoms with Gasteiger partial charge < -0.3 is 9.64 Å². The van der Waals surface area contributed by atoms with Gasteiger partial charge >= 0.3 is 6.03 Å². The number of halogens is 3. The second-order valence-electron chi connectivity index (χ2n) is 5.10. The van der Waals surface area contributed by atoms with E-state index in [1.807, 2.05) is 0 Å². The maximum absolute atomic E-state index is 14.2. The monoisotopic (exact) mass is 423 g/mol. The van der Waals surface area contributed by atoms with E-state index in [1.54, 1.807) is 13.8 Å². The number of nitrogens with zero attached hydrogens (tertiary/aromatic N) is 3. The summed E-state index contributed by atoms with van der Waals surface area (Å²) in [6.07, 6.45) is 1.07. The molecule has 0 saturated heterocycles. The number of hydrogen-bond donors (Lipinski definition) is 0. The van der Waals surface area contributed by atoms with Crippen LogP contribution >= 0.6 is 23.2 Å². The Balaban J connectivity index is 2.56. The largest absolute Gasteiger partial charge is 0.495 e. The summed E-state index contributed by atoms with van der Waals surface area (Å²) in [6.45, 7) is 4.33. The van der Waals surface area contributed by atoms with Gasteiger partial charge in [0, 0.05) is 19.2 Å². The summed E-state index contributed by atoms with van der Waals surface area (Å²) in [5.74, 6) is -1.11. The standard InChI is InChI=1S/C15H16Cl2FN3O4S/c1-4-20(5-2)15(22)21-8-10(17)14(19-21)26(23,24)13-7-12(25-3)9(16)6-11(13)18/h6-8H,4-5H2,1-3H3. The summed E-state index contributed by atoms with van der Waals surface area (Å²) in [5.41, 5.74) is 0. The molecule has 0 aliphatic rings. The van der Waals surface area contributed by atoms with Gasteiger partial charge in [-0.1, -0.05) is 23.2 Å². The minimum Gasteiger partial charge on any atom is -0.495 e. The number of amides is 1. The van der Waals surface area contributed by atoms with Gasteiger partial charge in [0.1, 0.15) is 16.5 Å². The normalized spacial score (nSPS) is 11.5. The lowest BCUT2D eigenvalue weighted by Gasteiger charge is -2.17. The van der Waals surface area contributed by atoms with Crippen molar-refractivity contribution >= 4 is 39.1 Å². The highest BCUT2D eigenvalue weighted by molar-refractivity contribution is 7.91. The van der Waals surface area contributed by atoms with Crippen molar-refractivity contribution in [2.24, 2.45) is 0 Å². The molecule has 142 valence electrons. The van der Waals surface area contributed by atoms with E-state index in [4.69, 9.17) is 27.9 Å². The van der Waals surface area contributed by atoms with Crippen molar-refractivity contribution in [2.75, 3.05) is 20.2 Å². The fourth-order valence-electron chi connectivity index (χ4n) is 2.23. The van der Waals surface area contributed by atoms with Crippen molar-refractivity contribution in [2.45, 2.75) is 23.8 Å². The molecule has 0 aliphatic carbocycles. The van der Waals surface area contributed by atoms with Crippen molar-refractivity contribution < 1.29 is 22.3 Å². The number of rotatable bonds is 5. The quantitative estimate of drug-likeness (QED) is 0.734. The first kappa shape index (κ1) is 20.5. The zero-order chi connectivity index (χ0) is 19.6. The number of carbonyl (C=O) groups excluding carboxylic acids is 1. The highest BCUT2D eigenvalue weighted by Crippen LogP contribution is 2.34. The van der Waals surface area contributed by atoms with Crippen LogP contribution in [0, 0.1) is 5.82 Å². The van der Waals surface area contributed by atoms with Gasteiger partial charge in [-0.25, -0.2) is 17.6 Å². The van der Waals surface area contributed by atoms with Crippen LogP contribution in [-0.4, -0.2) is 49.3 Å². The molecule has 1 aromatic heterocycles. The predicted molar refractivity (Wildman–Crippen MR) is 94.4 cm³/mol. The fourth-order valence-corrected chi connectivity index (χ4v) is 4.19. The molecular formula is C15H16Cl2FN3O4S. The Labute approximate surface area is 160 Å². The lowest BCUT2D eigenvalue weighted by atomic mass is 10.3. The molecular weight excluding hydrogens is 408 g/mol. The van der Waals surface area contributed by atoms with Crippen LogP contribution in [0.4, 0.5) is 9.18 Å². The third kappa shape index (κ3) is 3.65.